The van der Waals surface area contributed by atoms with Crippen LogP contribution in [-0.2, 0) is 16.6 Å². The average Bonchev–Trinajstić information content (AvgIpc) is 2.95. The number of thioether (sulfide) groups is 1. The van der Waals surface area contributed by atoms with Gasteiger partial charge < -0.3 is 5.73 Å². The summed E-state index contributed by atoms with van der Waals surface area (Å²) in [4.78, 5) is 1.12. The molecule has 1 fully saturated rings. The Bertz CT molecular complexity index is 504. The number of aryl methyl sites for hydroxylation is 1. The maximum atomic E-state index is 12.3. The Hall–Kier alpha value is -0.0800. The summed E-state index contributed by atoms with van der Waals surface area (Å²) in [5, 5.41) is 2.26. The van der Waals surface area contributed by atoms with Crippen LogP contribution in [0.25, 0.3) is 0 Å². The number of hydrogen-bond acceptors (Lipinski definition) is 5. The summed E-state index contributed by atoms with van der Waals surface area (Å²) in [7, 11) is -3.41. The standard InChI is InChI=1S/C11H18N2O2S3/c1-8-7-17-10(5-12)11(8)18(14,15)13-6-9-3-2-4-16-9/h7,9,13H,2-6,12H2,1H3. The number of sulfonamides is 1. The first kappa shape index (κ1) is 14.3. The summed E-state index contributed by atoms with van der Waals surface area (Å²) < 4.78 is 27.3. The first-order valence-corrected chi connectivity index (χ1v) is 9.34. The van der Waals surface area contributed by atoms with Crippen molar-refractivity contribution in [3.63, 3.8) is 0 Å². The first-order chi connectivity index (χ1) is 8.54. The molecule has 0 amide bonds. The topological polar surface area (TPSA) is 72.2 Å². The lowest BCUT2D eigenvalue weighted by molar-refractivity contribution is 0.578. The zero-order valence-electron chi connectivity index (χ0n) is 10.3. The second kappa shape index (κ2) is 5.92. The molecule has 0 radical (unpaired) electrons. The zero-order chi connectivity index (χ0) is 13.2. The van der Waals surface area contributed by atoms with Gasteiger partial charge in [-0.25, -0.2) is 13.1 Å². The van der Waals surface area contributed by atoms with Gasteiger partial charge in [-0.1, -0.05) is 0 Å². The highest BCUT2D eigenvalue weighted by Crippen LogP contribution is 2.28. The molecule has 1 aliphatic rings. The average molecular weight is 306 g/mol. The molecule has 102 valence electrons. The molecule has 0 spiro atoms. The molecule has 1 aromatic heterocycles. The van der Waals surface area contributed by atoms with Crippen molar-refractivity contribution >= 4 is 33.1 Å². The highest BCUT2D eigenvalue weighted by molar-refractivity contribution is 8.00. The van der Waals surface area contributed by atoms with Crippen molar-refractivity contribution in [1.82, 2.24) is 4.72 Å². The molecule has 7 heteroatoms. The molecular formula is C11H18N2O2S3. The van der Waals surface area contributed by atoms with E-state index in [0.29, 0.717) is 16.7 Å². The fraction of sp³-hybridized carbons (Fsp3) is 0.636. The van der Waals surface area contributed by atoms with Crippen LogP contribution in [0.15, 0.2) is 10.3 Å². The molecule has 1 atom stereocenters. The van der Waals surface area contributed by atoms with E-state index in [1.54, 1.807) is 0 Å². The second-order valence-corrected chi connectivity index (χ2v) is 8.44. The molecule has 3 N–H and O–H groups in total. The van der Waals surface area contributed by atoms with Gasteiger partial charge in [0.05, 0.1) is 0 Å². The summed E-state index contributed by atoms with van der Waals surface area (Å²) in [6, 6.07) is 0. The van der Waals surface area contributed by atoms with E-state index in [-0.39, 0.29) is 6.54 Å². The van der Waals surface area contributed by atoms with E-state index in [2.05, 4.69) is 4.72 Å². The van der Waals surface area contributed by atoms with Crippen LogP contribution >= 0.6 is 23.1 Å². The minimum absolute atomic E-state index is 0.271. The summed E-state index contributed by atoms with van der Waals surface area (Å²) in [5.41, 5.74) is 6.38. The number of hydrogen-bond donors (Lipinski definition) is 2. The van der Waals surface area contributed by atoms with Crippen molar-refractivity contribution in [2.24, 2.45) is 5.73 Å². The zero-order valence-corrected chi connectivity index (χ0v) is 12.8. The van der Waals surface area contributed by atoms with E-state index in [1.807, 2.05) is 24.1 Å². The number of nitrogens with one attached hydrogen (secondary N) is 1. The van der Waals surface area contributed by atoms with Crippen LogP contribution in [0, 0.1) is 6.92 Å². The van der Waals surface area contributed by atoms with Crippen LogP contribution in [-0.4, -0.2) is 26.0 Å². The van der Waals surface area contributed by atoms with Gasteiger partial charge in [-0.05, 0) is 36.5 Å². The normalized spacial score (nSPS) is 20.4. The largest absolute Gasteiger partial charge is 0.326 e. The lowest BCUT2D eigenvalue weighted by atomic mass is 10.2. The van der Waals surface area contributed by atoms with Gasteiger partial charge in [0.2, 0.25) is 10.0 Å². The van der Waals surface area contributed by atoms with Crippen molar-refractivity contribution < 1.29 is 8.42 Å². The third-order valence-electron chi connectivity index (χ3n) is 2.97. The van der Waals surface area contributed by atoms with Crippen molar-refractivity contribution in [1.29, 1.82) is 0 Å². The molecule has 1 saturated heterocycles. The van der Waals surface area contributed by atoms with Crippen LogP contribution in [0.5, 0.6) is 0 Å². The Kier molecular flexibility index (Phi) is 4.71. The minimum atomic E-state index is -3.41. The Balaban J connectivity index is 2.11. The van der Waals surface area contributed by atoms with E-state index in [4.69, 9.17) is 5.73 Å². The van der Waals surface area contributed by atoms with Crippen LogP contribution in [0.1, 0.15) is 23.3 Å². The maximum absolute atomic E-state index is 12.3. The van der Waals surface area contributed by atoms with Gasteiger partial charge in [0.1, 0.15) is 4.90 Å². The van der Waals surface area contributed by atoms with Gasteiger partial charge in [0, 0.05) is 23.2 Å². The smallest absolute Gasteiger partial charge is 0.242 e. The van der Waals surface area contributed by atoms with E-state index in [0.717, 1.165) is 22.6 Å². The molecule has 0 saturated carbocycles. The summed E-state index contributed by atoms with van der Waals surface area (Å²) in [6.07, 6.45) is 2.28. The highest BCUT2D eigenvalue weighted by Gasteiger charge is 2.24. The highest BCUT2D eigenvalue weighted by atomic mass is 32.2. The predicted molar refractivity (Wildman–Crippen MR) is 77.6 cm³/mol. The molecule has 1 unspecified atom stereocenters. The van der Waals surface area contributed by atoms with Crippen molar-refractivity contribution in [2.45, 2.75) is 36.5 Å². The Morgan fingerprint density at radius 3 is 2.94 bits per heavy atom. The molecule has 2 heterocycles. The van der Waals surface area contributed by atoms with Crippen LogP contribution in [0.3, 0.4) is 0 Å². The minimum Gasteiger partial charge on any atom is -0.326 e. The SMILES string of the molecule is Cc1csc(CN)c1S(=O)(=O)NCC1CCCS1. The Morgan fingerprint density at radius 1 is 1.56 bits per heavy atom. The number of thiophene rings is 1. The van der Waals surface area contributed by atoms with Gasteiger partial charge in [-0.15, -0.1) is 11.3 Å². The monoisotopic (exact) mass is 306 g/mol. The van der Waals surface area contributed by atoms with E-state index >= 15 is 0 Å². The van der Waals surface area contributed by atoms with Crippen molar-refractivity contribution in [3.8, 4) is 0 Å². The van der Waals surface area contributed by atoms with E-state index in [1.165, 1.54) is 17.8 Å². The van der Waals surface area contributed by atoms with Crippen molar-refractivity contribution in [3.05, 3.63) is 15.8 Å². The fourth-order valence-corrected chi connectivity index (χ4v) is 6.16. The maximum Gasteiger partial charge on any atom is 0.242 e. The van der Waals surface area contributed by atoms with Gasteiger partial charge >= 0.3 is 0 Å². The molecule has 0 aliphatic carbocycles. The lowest BCUT2D eigenvalue weighted by Crippen LogP contribution is -2.30. The van der Waals surface area contributed by atoms with Gasteiger partial charge in [0.15, 0.2) is 0 Å². The van der Waals surface area contributed by atoms with Crippen LogP contribution in [0.4, 0.5) is 0 Å². The molecule has 2 rings (SSSR count). The van der Waals surface area contributed by atoms with Crippen LogP contribution < -0.4 is 10.5 Å². The molecule has 0 aromatic carbocycles. The third kappa shape index (κ3) is 3.08. The second-order valence-electron chi connectivity index (χ2n) is 4.36. The Labute approximate surface area is 116 Å². The number of rotatable bonds is 5. The molecule has 0 bridgehead atoms. The summed E-state index contributed by atoms with van der Waals surface area (Å²) >= 11 is 3.26. The van der Waals surface area contributed by atoms with Gasteiger partial charge in [-0.2, -0.15) is 11.8 Å². The van der Waals surface area contributed by atoms with Gasteiger partial charge in [-0.3, -0.25) is 0 Å². The molecular weight excluding hydrogens is 288 g/mol. The summed E-state index contributed by atoms with van der Waals surface area (Å²) in [5.74, 6) is 1.14. The fourth-order valence-electron chi connectivity index (χ4n) is 2.07. The van der Waals surface area contributed by atoms with Crippen LogP contribution in [0.2, 0.25) is 0 Å². The summed E-state index contributed by atoms with van der Waals surface area (Å²) in [6.45, 7) is 2.60. The van der Waals surface area contributed by atoms with Crippen molar-refractivity contribution in [2.75, 3.05) is 12.3 Å². The predicted octanol–water partition coefficient (Wildman–Crippen LogP) is 1.69. The first-order valence-electron chi connectivity index (χ1n) is 5.93. The molecule has 18 heavy (non-hydrogen) atoms. The molecule has 1 aliphatic heterocycles. The van der Waals surface area contributed by atoms with Gasteiger partial charge in [0.25, 0.3) is 0 Å². The van der Waals surface area contributed by atoms with E-state index < -0.39 is 10.0 Å². The third-order valence-corrected chi connectivity index (χ3v) is 7.28. The molecule has 1 aromatic rings. The Morgan fingerprint density at radius 2 is 2.33 bits per heavy atom. The number of nitrogens with two attached hydrogens (primary N) is 1. The lowest BCUT2D eigenvalue weighted by Gasteiger charge is -2.12. The quantitative estimate of drug-likeness (QED) is 0.868. The van der Waals surface area contributed by atoms with E-state index in [9.17, 15) is 8.42 Å². The molecule has 4 nitrogen and oxygen atoms in total.